The number of H-pyrrole nitrogens is 1. The van der Waals surface area contributed by atoms with E-state index in [-0.39, 0.29) is 5.56 Å². The Hall–Kier alpha value is -3.34. The van der Waals surface area contributed by atoms with Crippen LogP contribution < -0.4 is 10.9 Å². The topological polar surface area (TPSA) is 62.7 Å². The van der Waals surface area contributed by atoms with Crippen molar-refractivity contribution in [3.05, 3.63) is 87.3 Å². The van der Waals surface area contributed by atoms with Gasteiger partial charge >= 0.3 is 0 Å². The molecule has 0 saturated carbocycles. The summed E-state index contributed by atoms with van der Waals surface area (Å²) < 4.78 is 2.01. The SMILES string of the molecule is Cc1cc(C)c(Nc2nc(=O)c3cc[nH]c3n2Cc2ccccc2)cc1C. The molecule has 4 aromatic rings. The lowest BCUT2D eigenvalue weighted by molar-refractivity contribution is 0.801. The Morgan fingerprint density at radius 3 is 2.52 bits per heavy atom. The van der Waals surface area contributed by atoms with E-state index in [1.807, 2.05) is 22.8 Å². The van der Waals surface area contributed by atoms with E-state index in [0.29, 0.717) is 17.9 Å². The molecule has 0 unspecified atom stereocenters. The molecule has 2 N–H and O–H groups in total. The van der Waals surface area contributed by atoms with Gasteiger partial charge in [-0.1, -0.05) is 36.4 Å². The molecule has 5 nitrogen and oxygen atoms in total. The van der Waals surface area contributed by atoms with Crippen molar-refractivity contribution in [3.63, 3.8) is 0 Å². The van der Waals surface area contributed by atoms with Crippen LogP contribution in [0.3, 0.4) is 0 Å². The highest BCUT2D eigenvalue weighted by atomic mass is 16.1. The van der Waals surface area contributed by atoms with Crippen molar-refractivity contribution >= 4 is 22.7 Å². The number of nitrogens with one attached hydrogen (secondary N) is 2. The van der Waals surface area contributed by atoms with Gasteiger partial charge in [-0.25, -0.2) is 0 Å². The molecule has 2 aromatic carbocycles. The number of nitrogens with zero attached hydrogens (tertiary/aromatic N) is 2. The minimum absolute atomic E-state index is 0.237. The second-order valence-corrected chi connectivity index (χ2v) is 6.93. The first-order chi connectivity index (χ1) is 13.0. The molecule has 0 aliphatic heterocycles. The summed E-state index contributed by atoms with van der Waals surface area (Å²) in [6.07, 6.45) is 1.78. The van der Waals surface area contributed by atoms with E-state index in [1.165, 1.54) is 11.1 Å². The number of hydrogen-bond donors (Lipinski definition) is 2. The van der Waals surface area contributed by atoms with Gasteiger partial charge in [0.15, 0.2) is 0 Å². The molecule has 136 valence electrons. The van der Waals surface area contributed by atoms with Crippen LogP contribution in [-0.4, -0.2) is 14.5 Å². The molecule has 0 bridgehead atoms. The standard InChI is InChI=1S/C22H22N4O/c1-14-11-16(3)19(12-15(14)2)24-22-25-21(27)18-9-10-23-20(18)26(22)13-17-7-5-4-6-8-17/h4-12,23H,13H2,1-3H3,(H,24,25,27). The normalized spacial score (nSPS) is 11.1. The van der Waals surface area contributed by atoms with Crippen molar-refractivity contribution in [1.29, 1.82) is 0 Å². The first-order valence-electron chi connectivity index (χ1n) is 8.99. The molecule has 0 radical (unpaired) electrons. The Bertz CT molecular complexity index is 1170. The summed E-state index contributed by atoms with van der Waals surface area (Å²) in [6, 6.07) is 16.2. The van der Waals surface area contributed by atoms with Crippen molar-refractivity contribution in [1.82, 2.24) is 14.5 Å². The summed E-state index contributed by atoms with van der Waals surface area (Å²) in [5, 5.41) is 3.97. The number of anilines is 2. The number of rotatable bonds is 4. The van der Waals surface area contributed by atoms with Gasteiger partial charge in [0.1, 0.15) is 5.65 Å². The molecule has 0 saturated heterocycles. The van der Waals surface area contributed by atoms with Gasteiger partial charge in [0.25, 0.3) is 5.56 Å². The van der Waals surface area contributed by atoms with Crippen LogP contribution in [0.5, 0.6) is 0 Å². The maximum atomic E-state index is 12.5. The monoisotopic (exact) mass is 358 g/mol. The van der Waals surface area contributed by atoms with Crippen molar-refractivity contribution in [2.45, 2.75) is 27.3 Å². The zero-order chi connectivity index (χ0) is 19.0. The maximum Gasteiger partial charge on any atom is 0.283 e. The minimum atomic E-state index is -0.237. The molecule has 0 aliphatic carbocycles. The fraction of sp³-hybridized carbons (Fsp3) is 0.182. The first-order valence-corrected chi connectivity index (χ1v) is 8.99. The van der Waals surface area contributed by atoms with Crippen LogP contribution >= 0.6 is 0 Å². The van der Waals surface area contributed by atoms with Crippen LogP contribution in [0.4, 0.5) is 11.6 Å². The van der Waals surface area contributed by atoms with E-state index in [0.717, 1.165) is 22.5 Å². The quantitative estimate of drug-likeness (QED) is 0.567. The average molecular weight is 358 g/mol. The predicted molar refractivity (Wildman–Crippen MR) is 110 cm³/mol. The minimum Gasteiger partial charge on any atom is -0.347 e. The molecular weight excluding hydrogens is 336 g/mol. The van der Waals surface area contributed by atoms with E-state index >= 15 is 0 Å². The van der Waals surface area contributed by atoms with E-state index < -0.39 is 0 Å². The molecule has 0 aliphatic rings. The van der Waals surface area contributed by atoms with Crippen molar-refractivity contribution in [3.8, 4) is 0 Å². The molecule has 2 aromatic heterocycles. The van der Waals surface area contributed by atoms with Gasteiger partial charge in [-0.15, -0.1) is 0 Å². The molecular formula is C22H22N4O. The Kier molecular flexibility index (Phi) is 4.28. The lowest BCUT2D eigenvalue weighted by Gasteiger charge is -2.17. The van der Waals surface area contributed by atoms with Crippen molar-refractivity contribution < 1.29 is 0 Å². The van der Waals surface area contributed by atoms with E-state index in [1.54, 1.807) is 12.3 Å². The predicted octanol–water partition coefficient (Wildman–Crippen LogP) is 4.44. The molecule has 2 heterocycles. The number of aryl methyl sites for hydroxylation is 3. The number of benzene rings is 2. The van der Waals surface area contributed by atoms with Crippen molar-refractivity contribution in [2.75, 3.05) is 5.32 Å². The highest BCUT2D eigenvalue weighted by Crippen LogP contribution is 2.24. The molecule has 27 heavy (non-hydrogen) atoms. The molecule has 0 atom stereocenters. The smallest absolute Gasteiger partial charge is 0.283 e. The Labute approximate surface area is 157 Å². The summed E-state index contributed by atoms with van der Waals surface area (Å²) in [5.41, 5.74) is 6.18. The molecule has 0 spiro atoms. The molecule has 4 rings (SSSR count). The molecule has 0 fully saturated rings. The van der Waals surface area contributed by atoms with Crippen LogP contribution in [0.15, 0.2) is 59.5 Å². The number of aromatic amines is 1. The molecule has 0 amide bonds. The summed E-state index contributed by atoms with van der Waals surface area (Å²) in [6.45, 7) is 6.85. The largest absolute Gasteiger partial charge is 0.347 e. The second kappa shape index (κ2) is 6.76. The summed E-state index contributed by atoms with van der Waals surface area (Å²) in [7, 11) is 0. The van der Waals surface area contributed by atoms with Gasteiger partial charge in [-0.2, -0.15) is 4.98 Å². The second-order valence-electron chi connectivity index (χ2n) is 6.93. The summed E-state index contributed by atoms with van der Waals surface area (Å²) in [5.74, 6) is 0.533. The van der Waals surface area contributed by atoms with Crippen LogP contribution in [0.25, 0.3) is 11.0 Å². The first kappa shape index (κ1) is 17.1. The van der Waals surface area contributed by atoms with Crippen LogP contribution in [0, 0.1) is 20.8 Å². The lowest BCUT2D eigenvalue weighted by atomic mass is 10.1. The van der Waals surface area contributed by atoms with E-state index in [9.17, 15) is 4.79 Å². The lowest BCUT2D eigenvalue weighted by Crippen LogP contribution is -2.18. The zero-order valence-corrected chi connectivity index (χ0v) is 15.7. The van der Waals surface area contributed by atoms with Crippen molar-refractivity contribution in [2.24, 2.45) is 0 Å². The fourth-order valence-corrected chi connectivity index (χ4v) is 3.31. The Balaban J connectivity index is 1.86. The third kappa shape index (κ3) is 3.24. The van der Waals surface area contributed by atoms with Crippen LogP contribution in [0.1, 0.15) is 22.3 Å². The highest BCUT2D eigenvalue weighted by Gasteiger charge is 2.13. The summed E-state index contributed by atoms with van der Waals surface area (Å²) >= 11 is 0. The fourth-order valence-electron chi connectivity index (χ4n) is 3.31. The van der Waals surface area contributed by atoms with Crippen LogP contribution in [-0.2, 0) is 6.54 Å². The maximum absolute atomic E-state index is 12.5. The number of fused-ring (bicyclic) bond motifs is 1. The van der Waals surface area contributed by atoms with Gasteiger partial charge in [-0.3, -0.25) is 9.36 Å². The Morgan fingerprint density at radius 2 is 1.74 bits per heavy atom. The average Bonchev–Trinajstić information content (AvgIpc) is 3.14. The molecule has 5 heteroatoms. The van der Waals surface area contributed by atoms with Gasteiger partial charge in [0, 0.05) is 11.9 Å². The number of hydrogen-bond acceptors (Lipinski definition) is 3. The van der Waals surface area contributed by atoms with Gasteiger partial charge in [0.2, 0.25) is 5.95 Å². The highest BCUT2D eigenvalue weighted by molar-refractivity contribution is 5.77. The Morgan fingerprint density at radius 1 is 1.00 bits per heavy atom. The van der Waals surface area contributed by atoms with E-state index in [2.05, 4.69) is 60.3 Å². The van der Waals surface area contributed by atoms with Crippen LogP contribution in [0.2, 0.25) is 0 Å². The van der Waals surface area contributed by atoms with Gasteiger partial charge in [0.05, 0.1) is 11.9 Å². The third-order valence-corrected chi connectivity index (χ3v) is 4.96. The van der Waals surface area contributed by atoms with E-state index in [4.69, 9.17) is 0 Å². The van der Waals surface area contributed by atoms with Gasteiger partial charge in [-0.05, 0) is 55.2 Å². The third-order valence-electron chi connectivity index (χ3n) is 4.96. The van der Waals surface area contributed by atoms with Gasteiger partial charge < -0.3 is 10.3 Å². The zero-order valence-electron chi connectivity index (χ0n) is 15.7. The summed E-state index contributed by atoms with van der Waals surface area (Å²) in [4.78, 5) is 20.0. The number of aromatic nitrogens is 3.